The Bertz CT molecular complexity index is 661. The van der Waals surface area contributed by atoms with Gasteiger partial charge in [0.25, 0.3) is 0 Å². The predicted molar refractivity (Wildman–Crippen MR) is 82.5 cm³/mol. The minimum absolute atomic E-state index is 0.144. The number of rotatable bonds is 4. The number of halogens is 1. The molecule has 0 atom stereocenters. The summed E-state index contributed by atoms with van der Waals surface area (Å²) in [6, 6.07) is 3.89. The van der Waals surface area contributed by atoms with E-state index in [9.17, 15) is 4.79 Å². The van der Waals surface area contributed by atoms with Gasteiger partial charge in [-0.3, -0.25) is 4.79 Å². The molecule has 1 aliphatic rings. The average Bonchev–Trinajstić information content (AvgIpc) is 3.09. The zero-order valence-electron chi connectivity index (χ0n) is 12.2. The Hall–Kier alpha value is -1.62. The van der Waals surface area contributed by atoms with Crippen molar-refractivity contribution in [2.45, 2.75) is 32.7 Å². The molecule has 0 aliphatic carbocycles. The second-order valence-electron chi connectivity index (χ2n) is 5.44. The first-order valence-electron chi connectivity index (χ1n) is 7.35. The molecule has 0 saturated carbocycles. The smallest absolute Gasteiger partial charge is 0.242 e. The van der Waals surface area contributed by atoms with Crippen LogP contribution < -0.4 is 0 Å². The molecular weight excluding hydrogens is 288 g/mol. The lowest BCUT2D eigenvalue weighted by Crippen LogP contribution is -2.31. The van der Waals surface area contributed by atoms with E-state index in [1.165, 1.54) is 0 Å². The number of nitrogens with zero attached hydrogens (tertiary/aromatic N) is 4. The van der Waals surface area contributed by atoms with Crippen molar-refractivity contribution < 1.29 is 4.79 Å². The SMILES string of the molecule is Cc1ccc2nc(CCCl)n(CC(=O)N3CCCC3)c2n1. The molecule has 1 fully saturated rings. The summed E-state index contributed by atoms with van der Waals surface area (Å²) in [6.45, 7) is 3.98. The van der Waals surface area contributed by atoms with Gasteiger partial charge in [-0.05, 0) is 31.9 Å². The molecule has 0 spiro atoms. The average molecular weight is 307 g/mol. The zero-order chi connectivity index (χ0) is 14.8. The fraction of sp³-hybridized carbons (Fsp3) is 0.533. The van der Waals surface area contributed by atoms with Crippen LogP contribution in [0.15, 0.2) is 12.1 Å². The second-order valence-corrected chi connectivity index (χ2v) is 5.81. The third-order valence-corrected chi connectivity index (χ3v) is 4.07. The van der Waals surface area contributed by atoms with E-state index in [1.807, 2.05) is 28.5 Å². The largest absolute Gasteiger partial charge is 0.341 e. The van der Waals surface area contributed by atoms with Crippen LogP contribution in [-0.4, -0.2) is 44.3 Å². The van der Waals surface area contributed by atoms with Gasteiger partial charge in [0.1, 0.15) is 17.9 Å². The van der Waals surface area contributed by atoms with Crippen LogP contribution in [-0.2, 0) is 17.8 Å². The molecule has 1 amide bonds. The van der Waals surface area contributed by atoms with Crippen molar-refractivity contribution in [2.24, 2.45) is 0 Å². The molecule has 3 heterocycles. The van der Waals surface area contributed by atoms with Gasteiger partial charge in [0.05, 0.1) is 0 Å². The predicted octanol–water partition coefficient (Wildman–Crippen LogP) is 2.14. The van der Waals surface area contributed by atoms with Crippen molar-refractivity contribution in [3.63, 3.8) is 0 Å². The first kappa shape index (κ1) is 14.3. The van der Waals surface area contributed by atoms with Crippen molar-refractivity contribution in [2.75, 3.05) is 19.0 Å². The first-order chi connectivity index (χ1) is 10.2. The highest BCUT2D eigenvalue weighted by atomic mass is 35.5. The van der Waals surface area contributed by atoms with Crippen molar-refractivity contribution in [3.05, 3.63) is 23.7 Å². The maximum Gasteiger partial charge on any atom is 0.242 e. The van der Waals surface area contributed by atoms with Gasteiger partial charge in [0.2, 0.25) is 5.91 Å². The quantitative estimate of drug-likeness (QED) is 0.813. The number of amides is 1. The van der Waals surface area contributed by atoms with E-state index < -0.39 is 0 Å². The van der Waals surface area contributed by atoms with E-state index in [1.54, 1.807) is 0 Å². The number of aromatic nitrogens is 3. The molecule has 2 aromatic heterocycles. The van der Waals surface area contributed by atoms with Crippen LogP contribution in [0.25, 0.3) is 11.2 Å². The topological polar surface area (TPSA) is 51.0 Å². The maximum absolute atomic E-state index is 12.4. The highest BCUT2D eigenvalue weighted by Gasteiger charge is 2.21. The molecule has 1 saturated heterocycles. The third-order valence-electron chi connectivity index (χ3n) is 3.88. The molecule has 6 heteroatoms. The van der Waals surface area contributed by atoms with Gasteiger partial charge in [-0.15, -0.1) is 11.6 Å². The van der Waals surface area contributed by atoms with E-state index in [0.29, 0.717) is 18.8 Å². The van der Waals surface area contributed by atoms with Crippen molar-refractivity contribution in [3.8, 4) is 0 Å². The Morgan fingerprint density at radius 2 is 2.05 bits per heavy atom. The lowest BCUT2D eigenvalue weighted by molar-refractivity contribution is -0.130. The van der Waals surface area contributed by atoms with Gasteiger partial charge in [-0.25, -0.2) is 9.97 Å². The molecule has 0 aromatic carbocycles. The van der Waals surface area contributed by atoms with Gasteiger partial charge in [-0.1, -0.05) is 0 Å². The molecule has 3 rings (SSSR count). The molecular formula is C15H19ClN4O. The van der Waals surface area contributed by atoms with Gasteiger partial charge in [0.15, 0.2) is 5.65 Å². The van der Waals surface area contributed by atoms with E-state index in [0.717, 1.165) is 48.6 Å². The minimum atomic E-state index is 0.144. The van der Waals surface area contributed by atoms with Crippen LogP contribution in [0.4, 0.5) is 0 Å². The molecule has 0 unspecified atom stereocenters. The maximum atomic E-state index is 12.4. The summed E-state index contributed by atoms with van der Waals surface area (Å²) in [7, 11) is 0. The zero-order valence-corrected chi connectivity index (χ0v) is 12.9. The number of carbonyl (C=O) groups excluding carboxylic acids is 1. The summed E-state index contributed by atoms with van der Waals surface area (Å²) in [4.78, 5) is 23.5. The van der Waals surface area contributed by atoms with Crippen LogP contribution in [0.3, 0.4) is 0 Å². The molecule has 0 radical (unpaired) electrons. The van der Waals surface area contributed by atoms with Gasteiger partial charge in [0, 0.05) is 31.1 Å². The van der Waals surface area contributed by atoms with Crippen molar-refractivity contribution in [1.82, 2.24) is 19.4 Å². The summed E-state index contributed by atoms with van der Waals surface area (Å²) < 4.78 is 1.92. The highest BCUT2D eigenvalue weighted by Crippen LogP contribution is 2.17. The van der Waals surface area contributed by atoms with E-state index >= 15 is 0 Å². The number of aryl methyl sites for hydroxylation is 2. The number of pyridine rings is 1. The van der Waals surface area contributed by atoms with E-state index in [2.05, 4.69) is 9.97 Å². The molecule has 112 valence electrons. The Kier molecular flexibility index (Phi) is 4.10. The van der Waals surface area contributed by atoms with Crippen LogP contribution in [0.1, 0.15) is 24.4 Å². The first-order valence-corrected chi connectivity index (χ1v) is 7.89. The van der Waals surface area contributed by atoms with Crippen LogP contribution >= 0.6 is 11.6 Å². The lowest BCUT2D eigenvalue weighted by atomic mass is 10.3. The lowest BCUT2D eigenvalue weighted by Gasteiger charge is -2.16. The molecule has 21 heavy (non-hydrogen) atoms. The molecule has 0 bridgehead atoms. The Labute approximate surface area is 128 Å². The minimum Gasteiger partial charge on any atom is -0.341 e. The number of alkyl halides is 1. The third kappa shape index (κ3) is 2.88. The second kappa shape index (κ2) is 6.02. The summed E-state index contributed by atoms with van der Waals surface area (Å²) >= 11 is 5.86. The summed E-state index contributed by atoms with van der Waals surface area (Å²) in [5.74, 6) is 1.47. The standard InChI is InChI=1S/C15H19ClN4O/c1-11-4-5-12-15(17-11)20(13(18-12)6-7-16)10-14(21)19-8-2-3-9-19/h4-5H,2-3,6-10H2,1H3. The van der Waals surface area contributed by atoms with Gasteiger partial charge < -0.3 is 9.47 Å². The number of imidazole rings is 1. The van der Waals surface area contributed by atoms with Gasteiger partial charge in [-0.2, -0.15) is 0 Å². The number of fused-ring (bicyclic) bond motifs is 1. The van der Waals surface area contributed by atoms with Crippen molar-refractivity contribution >= 4 is 28.7 Å². The van der Waals surface area contributed by atoms with Gasteiger partial charge >= 0.3 is 0 Å². The fourth-order valence-electron chi connectivity index (χ4n) is 2.79. The molecule has 0 N–H and O–H groups in total. The fourth-order valence-corrected chi connectivity index (χ4v) is 2.96. The number of carbonyl (C=O) groups is 1. The normalized spacial score (nSPS) is 15.0. The van der Waals surface area contributed by atoms with Crippen LogP contribution in [0.5, 0.6) is 0 Å². The van der Waals surface area contributed by atoms with E-state index in [4.69, 9.17) is 11.6 Å². The number of hydrogen-bond donors (Lipinski definition) is 0. The van der Waals surface area contributed by atoms with Crippen LogP contribution in [0, 0.1) is 6.92 Å². The van der Waals surface area contributed by atoms with Crippen molar-refractivity contribution in [1.29, 1.82) is 0 Å². The Morgan fingerprint density at radius 3 is 2.76 bits per heavy atom. The Morgan fingerprint density at radius 1 is 1.29 bits per heavy atom. The highest BCUT2D eigenvalue weighted by molar-refractivity contribution is 6.17. The summed E-state index contributed by atoms with van der Waals surface area (Å²) in [5.41, 5.74) is 2.53. The molecule has 2 aromatic rings. The number of likely N-dealkylation sites (tertiary alicyclic amines) is 1. The monoisotopic (exact) mass is 306 g/mol. The van der Waals surface area contributed by atoms with Crippen LogP contribution in [0.2, 0.25) is 0 Å². The molecule has 5 nitrogen and oxygen atoms in total. The van der Waals surface area contributed by atoms with E-state index in [-0.39, 0.29) is 5.91 Å². The number of hydrogen-bond acceptors (Lipinski definition) is 3. The summed E-state index contributed by atoms with van der Waals surface area (Å²) in [5, 5.41) is 0. The Balaban J connectivity index is 1.95. The summed E-state index contributed by atoms with van der Waals surface area (Å²) in [6.07, 6.45) is 2.84. The molecule has 1 aliphatic heterocycles.